The number of carbonyl (C=O) groups excluding carboxylic acids is 1. The van der Waals surface area contributed by atoms with E-state index in [1.54, 1.807) is 0 Å². The van der Waals surface area contributed by atoms with Crippen molar-refractivity contribution in [3.05, 3.63) is 65.2 Å². The van der Waals surface area contributed by atoms with E-state index in [9.17, 15) is 4.79 Å². The molecule has 0 radical (unpaired) electrons. The first-order valence-electron chi connectivity index (χ1n) is 7.91. The fraction of sp³-hybridized carbons (Fsp3) is 0.316. The zero-order chi connectivity index (χ0) is 16.6. The van der Waals surface area contributed by atoms with Gasteiger partial charge < -0.3 is 26.5 Å². The number of anilines is 1. The van der Waals surface area contributed by atoms with E-state index >= 15 is 0 Å². The second kappa shape index (κ2) is 11.1. The van der Waals surface area contributed by atoms with Crippen LogP contribution in [0.15, 0.2) is 48.5 Å². The van der Waals surface area contributed by atoms with E-state index in [0.29, 0.717) is 6.54 Å². The van der Waals surface area contributed by atoms with Gasteiger partial charge in [-0.3, -0.25) is 4.79 Å². The van der Waals surface area contributed by atoms with Gasteiger partial charge in [0.25, 0.3) is 5.91 Å². The van der Waals surface area contributed by atoms with Gasteiger partial charge in [-0.15, -0.1) is 24.8 Å². The quantitative estimate of drug-likeness (QED) is 0.766. The maximum Gasteiger partial charge on any atom is 0.255 e. The van der Waals surface area contributed by atoms with Crippen LogP contribution < -0.4 is 5.73 Å². The van der Waals surface area contributed by atoms with Gasteiger partial charge in [0, 0.05) is 29.4 Å². The Morgan fingerprint density at radius 2 is 1.52 bits per heavy atom. The molecule has 2 unspecified atom stereocenters. The van der Waals surface area contributed by atoms with Gasteiger partial charge in [0.05, 0.1) is 6.04 Å². The fourth-order valence-corrected chi connectivity index (χ4v) is 3.10. The lowest BCUT2D eigenvalue weighted by molar-refractivity contribution is 0.0705. The van der Waals surface area contributed by atoms with E-state index in [4.69, 9.17) is 5.73 Å². The van der Waals surface area contributed by atoms with Crippen molar-refractivity contribution >= 4 is 36.4 Å². The van der Waals surface area contributed by atoms with Crippen LogP contribution in [0.25, 0.3) is 0 Å². The number of amides is 1. The highest BCUT2D eigenvalue weighted by molar-refractivity contribution is 6.00. The standard InChI is InChI=1S/C19H23N3O.2ClH.2H2O/c1-13(21(2)3)12-22-18(16-10-6-7-11-17(16)20)14-8-4-5-9-15(14)19(22)23;;;;/h4-11,13,18H,12,20H2,1-3H3;2*1H;2*1H2. The Balaban J connectivity index is 0. The molecule has 0 saturated carbocycles. The summed E-state index contributed by atoms with van der Waals surface area (Å²) < 4.78 is 0. The number of nitrogens with zero attached hydrogens (tertiary/aromatic N) is 2. The Morgan fingerprint density at radius 1 is 1.00 bits per heavy atom. The number of rotatable bonds is 4. The van der Waals surface area contributed by atoms with Crippen molar-refractivity contribution in [3.8, 4) is 0 Å². The van der Waals surface area contributed by atoms with Crippen molar-refractivity contribution < 1.29 is 15.7 Å². The molecule has 0 spiro atoms. The predicted octanol–water partition coefficient (Wildman–Crippen LogP) is 1.96. The number of nitrogen functional groups attached to an aromatic ring is 1. The summed E-state index contributed by atoms with van der Waals surface area (Å²) in [7, 11) is 4.06. The van der Waals surface area contributed by atoms with Crippen LogP contribution in [0.4, 0.5) is 5.69 Å². The number of para-hydroxylation sites is 1. The molecule has 8 heteroatoms. The maximum absolute atomic E-state index is 12.9. The van der Waals surface area contributed by atoms with Crippen LogP contribution in [-0.2, 0) is 0 Å². The van der Waals surface area contributed by atoms with Crippen molar-refractivity contribution in [2.45, 2.75) is 19.0 Å². The van der Waals surface area contributed by atoms with Gasteiger partial charge in [-0.25, -0.2) is 0 Å². The maximum atomic E-state index is 12.9. The van der Waals surface area contributed by atoms with Crippen LogP contribution in [0.2, 0.25) is 0 Å². The van der Waals surface area contributed by atoms with Crippen molar-refractivity contribution in [1.82, 2.24) is 9.80 Å². The van der Waals surface area contributed by atoms with E-state index in [0.717, 1.165) is 22.4 Å². The first kappa shape index (κ1) is 27.4. The largest absolute Gasteiger partial charge is 0.412 e. The highest BCUT2D eigenvalue weighted by Gasteiger charge is 2.38. The lowest BCUT2D eigenvalue weighted by Crippen LogP contribution is -2.40. The summed E-state index contributed by atoms with van der Waals surface area (Å²) in [6, 6.07) is 15.8. The van der Waals surface area contributed by atoms with E-state index < -0.39 is 0 Å². The molecule has 0 saturated heterocycles. The van der Waals surface area contributed by atoms with E-state index in [1.807, 2.05) is 67.5 Å². The second-order valence-corrected chi connectivity index (χ2v) is 6.39. The van der Waals surface area contributed by atoms with Crippen LogP contribution in [0.1, 0.15) is 34.5 Å². The van der Waals surface area contributed by atoms with Gasteiger partial charge in [-0.1, -0.05) is 36.4 Å². The molecule has 152 valence electrons. The predicted molar refractivity (Wildman–Crippen MR) is 115 cm³/mol. The third-order valence-electron chi connectivity index (χ3n) is 4.69. The summed E-state index contributed by atoms with van der Waals surface area (Å²) in [5.41, 5.74) is 9.76. The van der Waals surface area contributed by atoms with Crippen LogP contribution in [0.5, 0.6) is 0 Å². The summed E-state index contributed by atoms with van der Waals surface area (Å²) in [5.74, 6) is 0.0857. The first-order valence-corrected chi connectivity index (χ1v) is 7.91. The highest BCUT2D eigenvalue weighted by Crippen LogP contribution is 2.40. The number of hydrogen-bond acceptors (Lipinski definition) is 3. The van der Waals surface area contributed by atoms with E-state index in [1.165, 1.54) is 0 Å². The zero-order valence-corrected chi connectivity index (χ0v) is 17.3. The molecule has 0 bridgehead atoms. The Bertz CT molecular complexity index is 744. The molecule has 1 aliphatic rings. The van der Waals surface area contributed by atoms with E-state index in [2.05, 4.69) is 11.8 Å². The number of carbonyl (C=O) groups is 1. The van der Waals surface area contributed by atoms with Crippen molar-refractivity contribution in [2.24, 2.45) is 0 Å². The topological polar surface area (TPSA) is 113 Å². The Labute approximate surface area is 172 Å². The molecule has 2 atom stereocenters. The second-order valence-electron chi connectivity index (χ2n) is 6.39. The molecule has 3 rings (SSSR count). The molecule has 1 aliphatic heterocycles. The summed E-state index contributed by atoms with van der Waals surface area (Å²) in [6.07, 6.45) is 0. The smallest absolute Gasteiger partial charge is 0.255 e. The minimum Gasteiger partial charge on any atom is -0.412 e. The third-order valence-corrected chi connectivity index (χ3v) is 4.69. The Kier molecular flexibility index (Phi) is 11.3. The number of fused-ring (bicyclic) bond motifs is 1. The average Bonchev–Trinajstić information content (AvgIpc) is 2.81. The molecule has 1 amide bonds. The summed E-state index contributed by atoms with van der Waals surface area (Å²) in [4.78, 5) is 17.0. The fourth-order valence-electron chi connectivity index (χ4n) is 3.10. The number of halogens is 2. The normalized spacial score (nSPS) is 15.6. The van der Waals surface area contributed by atoms with Gasteiger partial charge in [-0.05, 0) is 38.7 Å². The van der Waals surface area contributed by atoms with Crippen LogP contribution in [-0.4, -0.2) is 53.3 Å². The van der Waals surface area contributed by atoms with E-state index in [-0.39, 0.29) is 53.8 Å². The van der Waals surface area contributed by atoms with Gasteiger partial charge in [-0.2, -0.15) is 0 Å². The number of hydrogen-bond donors (Lipinski definition) is 1. The minimum absolute atomic E-state index is 0. The molecule has 27 heavy (non-hydrogen) atoms. The molecule has 0 fully saturated rings. The number of likely N-dealkylation sites (N-methyl/N-ethyl adjacent to an activating group) is 1. The molecule has 0 aliphatic carbocycles. The lowest BCUT2D eigenvalue weighted by Gasteiger charge is -2.31. The van der Waals surface area contributed by atoms with Crippen molar-refractivity contribution in [1.29, 1.82) is 0 Å². The van der Waals surface area contributed by atoms with Gasteiger partial charge in [0.15, 0.2) is 0 Å². The molecular formula is C19H29Cl2N3O3. The minimum atomic E-state index is -0.109. The lowest BCUT2D eigenvalue weighted by atomic mass is 9.96. The first-order chi connectivity index (χ1) is 11.0. The monoisotopic (exact) mass is 417 g/mol. The molecule has 0 aromatic heterocycles. The summed E-state index contributed by atoms with van der Waals surface area (Å²) in [5, 5.41) is 0. The van der Waals surface area contributed by atoms with Crippen LogP contribution in [0, 0.1) is 0 Å². The number of nitrogens with two attached hydrogens (primary N) is 1. The summed E-state index contributed by atoms with van der Waals surface area (Å²) >= 11 is 0. The third kappa shape index (κ3) is 5.12. The van der Waals surface area contributed by atoms with Gasteiger partial charge in [0.1, 0.15) is 0 Å². The van der Waals surface area contributed by atoms with Gasteiger partial charge in [0.2, 0.25) is 0 Å². The molecule has 6 N–H and O–H groups in total. The molecule has 2 aromatic carbocycles. The SMILES string of the molecule is CC(CN1C(=O)c2ccccc2C1c1ccccc1N)N(C)C.Cl.Cl.O.O. The Morgan fingerprint density at radius 3 is 2.07 bits per heavy atom. The highest BCUT2D eigenvalue weighted by atomic mass is 35.5. The molecule has 1 heterocycles. The molecular weight excluding hydrogens is 389 g/mol. The summed E-state index contributed by atoms with van der Waals surface area (Å²) in [6.45, 7) is 2.79. The van der Waals surface area contributed by atoms with Crippen LogP contribution >= 0.6 is 24.8 Å². The van der Waals surface area contributed by atoms with Crippen LogP contribution in [0.3, 0.4) is 0 Å². The van der Waals surface area contributed by atoms with Crippen molar-refractivity contribution in [3.63, 3.8) is 0 Å². The van der Waals surface area contributed by atoms with Crippen molar-refractivity contribution in [2.75, 3.05) is 26.4 Å². The van der Waals surface area contributed by atoms with Gasteiger partial charge >= 0.3 is 0 Å². The average molecular weight is 418 g/mol. The molecule has 6 nitrogen and oxygen atoms in total. The Hall–Kier alpha value is -1.83. The number of benzene rings is 2. The zero-order valence-electron chi connectivity index (χ0n) is 15.7. The molecule has 2 aromatic rings.